The third-order valence-corrected chi connectivity index (χ3v) is 4.54. The van der Waals surface area contributed by atoms with Gasteiger partial charge in [0.2, 0.25) is 5.88 Å². The first-order chi connectivity index (χ1) is 13.5. The molecule has 0 bridgehead atoms. The Bertz CT molecular complexity index is 1050. The Morgan fingerprint density at radius 2 is 1.64 bits per heavy atom. The van der Waals surface area contributed by atoms with Gasteiger partial charge in [-0.15, -0.1) is 0 Å². The van der Waals surface area contributed by atoms with Crippen LogP contribution in [0.4, 0.5) is 0 Å². The summed E-state index contributed by atoms with van der Waals surface area (Å²) in [6, 6.07) is 19.3. The topological polar surface area (TPSA) is 87.4 Å². The van der Waals surface area contributed by atoms with Crippen molar-refractivity contribution in [3.05, 3.63) is 98.2 Å². The van der Waals surface area contributed by atoms with Crippen LogP contribution in [0, 0.1) is 0 Å². The van der Waals surface area contributed by atoms with Gasteiger partial charge in [0, 0.05) is 12.3 Å². The van der Waals surface area contributed by atoms with E-state index in [4.69, 9.17) is 0 Å². The Kier molecular flexibility index (Phi) is 6.22. The third kappa shape index (κ3) is 4.85. The van der Waals surface area contributed by atoms with Gasteiger partial charge in [-0.05, 0) is 30.9 Å². The largest absolute Gasteiger partial charge is 0.494 e. The second kappa shape index (κ2) is 8.99. The molecule has 1 aromatic heterocycles. The molecule has 3 aromatic rings. The first-order valence-corrected chi connectivity index (χ1v) is 9.21. The van der Waals surface area contributed by atoms with E-state index in [2.05, 4.69) is 22.1 Å². The van der Waals surface area contributed by atoms with Crippen molar-refractivity contribution in [2.75, 3.05) is 0 Å². The van der Waals surface area contributed by atoms with Gasteiger partial charge in [0.15, 0.2) is 0 Å². The number of aromatic nitrogens is 2. The van der Waals surface area contributed by atoms with Gasteiger partial charge < -0.3 is 5.11 Å². The minimum absolute atomic E-state index is 0.0120. The van der Waals surface area contributed by atoms with E-state index >= 15 is 0 Å². The maximum atomic E-state index is 12.1. The van der Waals surface area contributed by atoms with E-state index < -0.39 is 11.2 Å². The molecule has 144 valence electrons. The van der Waals surface area contributed by atoms with Crippen molar-refractivity contribution in [2.24, 2.45) is 4.99 Å². The van der Waals surface area contributed by atoms with Crippen molar-refractivity contribution in [1.29, 1.82) is 0 Å². The normalized spacial score (nSPS) is 12.3. The zero-order valence-corrected chi connectivity index (χ0v) is 15.7. The van der Waals surface area contributed by atoms with Gasteiger partial charge in [-0.25, -0.2) is 4.79 Å². The standard InChI is InChI=1S/C22H23N3O3/c1-16(12-13-17-8-4-2-5-9-17)23-14-19-20(26)24-22(28)25(21(19)27)15-18-10-6-3-7-11-18/h2-11,14,16,27H,12-13,15H2,1H3,(H,24,26,28)/t16-/m1/s1. The molecule has 0 saturated carbocycles. The Morgan fingerprint density at radius 3 is 2.29 bits per heavy atom. The molecule has 1 atom stereocenters. The van der Waals surface area contributed by atoms with Crippen LogP contribution in [0.3, 0.4) is 0 Å². The summed E-state index contributed by atoms with van der Waals surface area (Å²) in [5.74, 6) is -0.378. The minimum atomic E-state index is -0.652. The smallest absolute Gasteiger partial charge is 0.331 e. The summed E-state index contributed by atoms with van der Waals surface area (Å²) < 4.78 is 1.13. The third-order valence-electron chi connectivity index (χ3n) is 4.54. The summed E-state index contributed by atoms with van der Waals surface area (Å²) in [5.41, 5.74) is 0.751. The molecule has 0 saturated heterocycles. The van der Waals surface area contributed by atoms with Crippen molar-refractivity contribution in [1.82, 2.24) is 9.55 Å². The van der Waals surface area contributed by atoms with E-state index in [9.17, 15) is 14.7 Å². The zero-order chi connectivity index (χ0) is 19.9. The molecule has 2 aromatic carbocycles. The fraction of sp³-hybridized carbons (Fsp3) is 0.227. The second-order valence-corrected chi connectivity index (χ2v) is 6.72. The molecular weight excluding hydrogens is 354 g/mol. The highest BCUT2D eigenvalue weighted by atomic mass is 16.3. The van der Waals surface area contributed by atoms with Gasteiger partial charge in [0.05, 0.1) is 6.54 Å². The number of aliphatic imine (C=N–C) groups is 1. The predicted molar refractivity (Wildman–Crippen MR) is 110 cm³/mol. The molecule has 0 amide bonds. The molecule has 3 rings (SSSR count). The molecule has 0 fully saturated rings. The quantitative estimate of drug-likeness (QED) is 0.621. The maximum Gasteiger partial charge on any atom is 0.331 e. The molecule has 0 aliphatic heterocycles. The second-order valence-electron chi connectivity index (χ2n) is 6.72. The average Bonchev–Trinajstić information content (AvgIpc) is 2.71. The van der Waals surface area contributed by atoms with E-state index in [1.807, 2.05) is 55.5 Å². The highest BCUT2D eigenvalue weighted by Gasteiger charge is 2.13. The van der Waals surface area contributed by atoms with Gasteiger partial charge in [-0.2, -0.15) is 0 Å². The van der Waals surface area contributed by atoms with Gasteiger partial charge in [0.1, 0.15) is 5.56 Å². The summed E-state index contributed by atoms with van der Waals surface area (Å²) in [4.78, 5) is 30.9. The van der Waals surface area contributed by atoms with E-state index in [1.165, 1.54) is 11.8 Å². The number of aromatic amines is 1. The number of benzene rings is 2. The lowest BCUT2D eigenvalue weighted by molar-refractivity contribution is 0.408. The van der Waals surface area contributed by atoms with Crippen LogP contribution < -0.4 is 11.2 Å². The Morgan fingerprint density at radius 1 is 1.04 bits per heavy atom. The number of hydrogen-bond acceptors (Lipinski definition) is 4. The van der Waals surface area contributed by atoms with Crippen LogP contribution in [0.5, 0.6) is 5.88 Å². The van der Waals surface area contributed by atoms with Crippen LogP contribution in [0.15, 0.2) is 75.2 Å². The Balaban J connectivity index is 1.77. The van der Waals surface area contributed by atoms with Crippen molar-refractivity contribution < 1.29 is 5.11 Å². The van der Waals surface area contributed by atoms with Crippen LogP contribution >= 0.6 is 0 Å². The fourth-order valence-electron chi connectivity index (χ4n) is 2.90. The number of rotatable bonds is 7. The summed E-state index contributed by atoms with van der Waals surface area (Å²) >= 11 is 0. The molecule has 0 radical (unpaired) electrons. The highest BCUT2D eigenvalue weighted by Crippen LogP contribution is 2.12. The van der Waals surface area contributed by atoms with Crippen molar-refractivity contribution in [3.63, 3.8) is 0 Å². The fourth-order valence-corrected chi connectivity index (χ4v) is 2.90. The molecule has 1 heterocycles. The Hall–Kier alpha value is -3.41. The monoisotopic (exact) mass is 377 g/mol. The van der Waals surface area contributed by atoms with Crippen LogP contribution in [-0.4, -0.2) is 26.9 Å². The van der Waals surface area contributed by atoms with E-state index in [0.717, 1.165) is 23.0 Å². The van der Waals surface area contributed by atoms with Gasteiger partial charge in [-0.1, -0.05) is 60.7 Å². The lowest BCUT2D eigenvalue weighted by atomic mass is 10.1. The summed E-state index contributed by atoms with van der Waals surface area (Å²) in [6.07, 6.45) is 3.03. The lowest BCUT2D eigenvalue weighted by Crippen LogP contribution is -2.32. The molecule has 2 N–H and O–H groups in total. The molecule has 0 spiro atoms. The molecule has 0 aliphatic carbocycles. The van der Waals surface area contributed by atoms with Gasteiger partial charge in [-0.3, -0.25) is 19.3 Å². The number of aryl methyl sites for hydroxylation is 1. The molecule has 6 heteroatoms. The number of nitrogens with zero attached hydrogens (tertiary/aromatic N) is 2. The van der Waals surface area contributed by atoms with E-state index in [1.54, 1.807) is 0 Å². The highest BCUT2D eigenvalue weighted by molar-refractivity contribution is 5.82. The summed E-state index contributed by atoms with van der Waals surface area (Å²) in [5, 5.41) is 10.5. The molecule has 0 aliphatic rings. The van der Waals surface area contributed by atoms with Crippen molar-refractivity contribution >= 4 is 6.21 Å². The molecule has 6 nitrogen and oxygen atoms in total. The van der Waals surface area contributed by atoms with E-state index in [0.29, 0.717) is 0 Å². The first kappa shape index (κ1) is 19.4. The van der Waals surface area contributed by atoms with Crippen LogP contribution in [0.1, 0.15) is 30.0 Å². The molecular formula is C22H23N3O3. The number of nitrogens with one attached hydrogen (secondary N) is 1. The van der Waals surface area contributed by atoms with Crippen molar-refractivity contribution in [3.8, 4) is 5.88 Å². The number of hydrogen-bond donors (Lipinski definition) is 2. The van der Waals surface area contributed by atoms with Gasteiger partial charge >= 0.3 is 5.69 Å². The first-order valence-electron chi connectivity index (χ1n) is 9.21. The average molecular weight is 377 g/mol. The molecule has 0 unspecified atom stereocenters. The van der Waals surface area contributed by atoms with Gasteiger partial charge in [0.25, 0.3) is 5.56 Å². The van der Waals surface area contributed by atoms with E-state index in [-0.39, 0.29) is 24.0 Å². The predicted octanol–water partition coefficient (Wildman–Crippen LogP) is 2.73. The lowest BCUT2D eigenvalue weighted by Gasteiger charge is -2.10. The van der Waals surface area contributed by atoms with Crippen LogP contribution in [0.25, 0.3) is 0 Å². The summed E-state index contributed by atoms with van der Waals surface area (Å²) in [7, 11) is 0. The summed E-state index contributed by atoms with van der Waals surface area (Å²) in [6.45, 7) is 2.11. The van der Waals surface area contributed by atoms with Crippen LogP contribution in [0.2, 0.25) is 0 Å². The van der Waals surface area contributed by atoms with Crippen LogP contribution in [-0.2, 0) is 13.0 Å². The Labute approximate surface area is 162 Å². The maximum absolute atomic E-state index is 12.1. The number of H-pyrrole nitrogens is 1. The minimum Gasteiger partial charge on any atom is -0.494 e. The SMILES string of the molecule is C[C@H](CCc1ccccc1)N=Cc1c(O)n(Cc2ccccc2)c(=O)[nH]c1=O. The number of aromatic hydroxyl groups is 1. The van der Waals surface area contributed by atoms with Crippen molar-refractivity contribution in [2.45, 2.75) is 32.4 Å². The molecule has 28 heavy (non-hydrogen) atoms. The zero-order valence-electron chi connectivity index (χ0n) is 15.7.